The fourth-order valence-corrected chi connectivity index (χ4v) is 3.17. The quantitative estimate of drug-likeness (QED) is 0.608. The first-order chi connectivity index (χ1) is 8.77. The molecule has 2 rings (SSSR count). The molecule has 1 aliphatic carbocycles. The fourth-order valence-electron chi connectivity index (χ4n) is 2.28. The summed E-state index contributed by atoms with van der Waals surface area (Å²) in [6.07, 6.45) is 6.24. The molecule has 1 heterocycles. The van der Waals surface area contributed by atoms with Crippen molar-refractivity contribution in [3.05, 3.63) is 0 Å². The number of hydrogen-bond donors (Lipinski definition) is 1. The van der Waals surface area contributed by atoms with Crippen LogP contribution in [0.25, 0.3) is 0 Å². The zero-order chi connectivity index (χ0) is 12.8. The van der Waals surface area contributed by atoms with Gasteiger partial charge in [-0.15, -0.1) is 5.10 Å². The van der Waals surface area contributed by atoms with E-state index in [4.69, 9.17) is 0 Å². The number of aromatic nitrogens is 4. The lowest BCUT2D eigenvalue weighted by molar-refractivity contribution is 0.423. The van der Waals surface area contributed by atoms with Gasteiger partial charge >= 0.3 is 0 Å². The van der Waals surface area contributed by atoms with Crippen LogP contribution in [0.2, 0.25) is 0 Å². The van der Waals surface area contributed by atoms with Crippen molar-refractivity contribution >= 4 is 11.8 Å². The number of thioether (sulfide) groups is 1. The van der Waals surface area contributed by atoms with Crippen LogP contribution in [0.5, 0.6) is 0 Å². The molecule has 0 atom stereocenters. The number of hydrogen-bond acceptors (Lipinski definition) is 5. The Hall–Kier alpha value is -0.620. The molecule has 1 aromatic heterocycles. The Morgan fingerprint density at radius 3 is 2.89 bits per heavy atom. The van der Waals surface area contributed by atoms with Crippen LogP contribution in [-0.2, 0) is 0 Å². The van der Waals surface area contributed by atoms with Crippen molar-refractivity contribution in [2.45, 2.75) is 63.2 Å². The van der Waals surface area contributed by atoms with Crippen molar-refractivity contribution in [3.63, 3.8) is 0 Å². The number of nitrogens with one attached hydrogen (secondary N) is 1. The maximum atomic E-state index is 4.14. The Morgan fingerprint density at radius 2 is 2.17 bits per heavy atom. The summed E-state index contributed by atoms with van der Waals surface area (Å²) in [5, 5.41) is 16.5. The van der Waals surface area contributed by atoms with Crippen molar-refractivity contribution in [1.29, 1.82) is 0 Å². The normalized spacial score (nSPS) is 16.8. The third-order valence-electron chi connectivity index (χ3n) is 3.24. The van der Waals surface area contributed by atoms with Crippen molar-refractivity contribution in [1.82, 2.24) is 25.5 Å². The zero-order valence-electron chi connectivity index (χ0n) is 11.3. The Morgan fingerprint density at radius 1 is 1.39 bits per heavy atom. The standard InChI is InChI=1S/C12H23N5S/c1-10(2)13-8-5-9-18-12-14-15-16-17(12)11-6-3-4-7-11/h10-11,13H,3-9H2,1-2H3. The molecule has 0 aliphatic heterocycles. The minimum atomic E-state index is 0.538. The zero-order valence-corrected chi connectivity index (χ0v) is 12.1. The van der Waals surface area contributed by atoms with Crippen LogP contribution in [0, 0.1) is 0 Å². The van der Waals surface area contributed by atoms with Crippen molar-refractivity contribution in [3.8, 4) is 0 Å². The number of nitrogens with zero attached hydrogens (tertiary/aromatic N) is 4. The SMILES string of the molecule is CC(C)NCCCSc1nnnn1C1CCCC1. The second kappa shape index (κ2) is 7.09. The van der Waals surface area contributed by atoms with Crippen LogP contribution in [-0.4, -0.2) is 38.5 Å². The molecule has 5 nitrogen and oxygen atoms in total. The summed E-state index contributed by atoms with van der Waals surface area (Å²) in [4.78, 5) is 0. The van der Waals surface area contributed by atoms with E-state index < -0.39 is 0 Å². The first kappa shape index (κ1) is 13.8. The minimum Gasteiger partial charge on any atom is -0.315 e. The number of tetrazole rings is 1. The van der Waals surface area contributed by atoms with Crippen LogP contribution in [0.4, 0.5) is 0 Å². The average molecular weight is 269 g/mol. The van der Waals surface area contributed by atoms with E-state index in [0.29, 0.717) is 12.1 Å². The average Bonchev–Trinajstić information content (AvgIpc) is 2.97. The molecule has 0 unspecified atom stereocenters. The van der Waals surface area contributed by atoms with Gasteiger partial charge in [0.2, 0.25) is 5.16 Å². The largest absolute Gasteiger partial charge is 0.315 e. The summed E-state index contributed by atoms with van der Waals surface area (Å²) in [5.74, 6) is 1.08. The second-order valence-electron chi connectivity index (χ2n) is 5.16. The highest BCUT2D eigenvalue weighted by atomic mass is 32.2. The maximum absolute atomic E-state index is 4.14. The third kappa shape index (κ3) is 3.95. The topological polar surface area (TPSA) is 55.6 Å². The molecule has 1 aliphatic rings. The summed E-state index contributed by atoms with van der Waals surface area (Å²) < 4.78 is 2.04. The minimum absolute atomic E-state index is 0.538. The maximum Gasteiger partial charge on any atom is 0.209 e. The van der Waals surface area contributed by atoms with E-state index in [2.05, 4.69) is 34.7 Å². The highest BCUT2D eigenvalue weighted by Crippen LogP contribution is 2.31. The van der Waals surface area contributed by atoms with Gasteiger partial charge in [-0.25, -0.2) is 4.68 Å². The predicted molar refractivity (Wildman–Crippen MR) is 73.8 cm³/mol. The lowest BCUT2D eigenvalue weighted by atomic mass is 10.3. The van der Waals surface area contributed by atoms with E-state index in [-0.39, 0.29) is 0 Å². The third-order valence-corrected chi connectivity index (χ3v) is 4.26. The van der Waals surface area contributed by atoms with Crippen LogP contribution in [0.3, 0.4) is 0 Å². The van der Waals surface area contributed by atoms with Gasteiger partial charge in [0, 0.05) is 11.8 Å². The Balaban J connectivity index is 1.74. The van der Waals surface area contributed by atoms with E-state index in [1.54, 1.807) is 11.8 Å². The van der Waals surface area contributed by atoms with Crippen LogP contribution < -0.4 is 5.32 Å². The van der Waals surface area contributed by atoms with Gasteiger partial charge in [0.15, 0.2) is 0 Å². The molecule has 1 saturated carbocycles. The second-order valence-corrected chi connectivity index (χ2v) is 6.22. The van der Waals surface area contributed by atoms with Gasteiger partial charge in [-0.05, 0) is 36.2 Å². The molecule has 0 amide bonds. The monoisotopic (exact) mass is 269 g/mol. The molecule has 0 spiro atoms. The van der Waals surface area contributed by atoms with Crippen molar-refractivity contribution in [2.24, 2.45) is 0 Å². The summed E-state index contributed by atoms with van der Waals surface area (Å²) in [6, 6.07) is 1.11. The van der Waals surface area contributed by atoms with Gasteiger partial charge in [0.05, 0.1) is 6.04 Å². The summed E-state index contributed by atoms with van der Waals surface area (Å²) in [5.41, 5.74) is 0. The van der Waals surface area contributed by atoms with E-state index >= 15 is 0 Å². The van der Waals surface area contributed by atoms with E-state index in [0.717, 1.165) is 23.9 Å². The lowest BCUT2D eigenvalue weighted by Crippen LogP contribution is -2.23. The Labute approximate surface area is 113 Å². The van der Waals surface area contributed by atoms with Crippen LogP contribution >= 0.6 is 11.8 Å². The van der Waals surface area contributed by atoms with Gasteiger partial charge in [0.1, 0.15) is 0 Å². The van der Waals surface area contributed by atoms with Gasteiger partial charge in [-0.2, -0.15) is 0 Å². The molecule has 0 radical (unpaired) electrons. The summed E-state index contributed by atoms with van der Waals surface area (Å²) in [6.45, 7) is 5.41. The molecule has 1 fully saturated rings. The first-order valence-corrected chi connectivity index (χ1v) is 7.90. The smallest absolute Gasteiger partial charge is 0.209 e. The van der Waals surface area contributed by atoms with E-state index in [1.807, 2.05) is 4.68 Å². The summed E-state index contributed by atoms with van der Waals surface area (Å²) >= 11 is 1.78. The highest BCUT2D eigenvalue weighted by molar-refractivity contribution is 7.99. The molecule has 0 bridgehead atoms. The molecular formula is C12H23N5S. The van der Waals surface area contributed by atoms with E-state index in [9.17, 15) is 0 Å². The van der Waals surface area contributed by atoms with Gasteiger partial charge in [-0.1, -0.05) is 38.5 Å². The Bertz CT molecular complexity index is 346. The van der Waals surface area contributed by atoms with Crippen molar-refractivity contribution in [2.75, 3.05) is 12.3 Å². The number of rotatable bonds is 7. The lowest BCUT2D eigenvalue weighted by Gasteiger charge is -2.11. The first-order valence-electron chi connectivity index (χ1n) is 6.91. The molecule has 6 heteroatoms. The molecule has 1 aromatic rings. The van der Waals surface area contributed by atoms with Gasteiger partial charge in [-0.3, -0.25) is 0 Å². The highest BCUT2D eigenvalue weighted by Gasteiger charge is 2.21. The molecule has 102 valence electrons. The predicted octanol–water partition coefficient (Wildman–Crippen LogP) is 2.27. The molecular weight excluding hydrogens is 246 g/mol. The summed E-state index contributed by atoms with van der Waals surface area (Å²) in [7, 11) is 0. The van der Waals surface area contributed by atoms with Crippen LogP contribution in [0.15, 0.2) is 5.16 Å². The van der Waals surface area contributed by atoms with Crippen LogP contribution in [0.1, 0.15) is 52.0 Å². The molecule has 0 aromatic carbocycles. The molecule has 0 saturated heterocycles. The fraction of sp³-hybridized carbons (Fsp3) is 0.917. The van der Waals surface area contributed by atoms with Gasteiger partial charge in [0.25, 0.3) is 0 Å². The van der Waals surface area contributed by atoms with Crippen molar-refractivity contribution < 1.29 is 0 Å². The molecule has 1 N–H and O–H groups in total. The molecule has 18 heavy (non-hydrogen) atoms. The van der Waals surface area contributed by atoms with Gasteiger partial charge < -0.3 is 5.32 Å². The Kier molecular flexibility index (Phi) is 5.44. The van der Waals surface area contributed by atoms with E-state index in [1.165, 1.54) is 25.7 Å².